The van der Waals surface area contributed by atoms with Gasteiger partial charge in [-0.1, -0.05) is 30.3 Å². The molecule has 1 atom stereocenters. The summed E-state index contributed by atoms with van der Waals surface area (Å²) in [5.41, 5.74) is 0.309. The average Bonchev–Trinajstić information content (AvgIpc) is 2.53. The van der Waals surface area contributed by atoms with E-state index in [1.54, 1.807) is 30.1 Å². The van der Waals surface area contributed by atoms with Gasteiger partial charge in [0.05, 0.1) is 10.5 Å². The molecule has 0 amide bonds. The van der Waals surface area contributed by atoms with E-state index in [9.17, 15) is 21.6 Å². The van der Waals surface area contributed by atoms with Crippen LogP contribution in [-0.4, -0.2) is 20.4 Å². The number of sulfonamides is 1. The largest absolute Gasteiger partial charge is 0.416 e. The normalized spacial score (nSPS) is 13.9. The highest BCUT2D eigenvalue weighted by Gasteiger charge is 2.33. The number of rotatable bonds is 5. The Hall–Kier alpha value is -1.90. The predicted octanol–water partition coefficient (Wildman–Crippen LogP) is 3.55. The van der Waals surface area contributed by atoms with Crippen molar-refractivity contribution in [2.45, 2.75) is 30.6 Å². The molecule has 0 saturated heterocycles. The van der Waals surface area contributed by atoms with E-state index in [0.717, 1.165) is 11.6 Å². The van der Waals surface area contributed by atoms with Crippen molar-refractivity contribution >= 4 is 10.0 Å². The maximum atomic E-state index is 13.1. The molecule has 0 fully saturated rings. The molecule has 2 aromatic rings. The summed E-state index contributed by atoms with van der Waals surface area (Å²) < 4.78 is 61.8. The third-order valence-corrected chi connectivity index (χ3v) is 5.02. The maximum Gasteiger partial charge on any atom is 0.416 e. The zero-order valence-electron chi connectivity index (χ0n) is 13.8. The van der Waals surface area contributed by atoms with Gasteiger partial charge in [-0.3, -0.25) is 4.90 Å². The molecule has 4 nitrogen and oxygen atoms in total. The highest BCUT2D eigenvalue weighted by molar-refractivity contribution is 7.89. The van der Waals surface area contributed by atoms with Crippen LogP contribution in [0.1, 0.15) is 29.7 Å². The monoisotopic (exact) mass is 372 g/mol. The Balaban J connectivity index is 2.20. The minimum absolute atomic E-state index is 0.00600. The van der Waals surface area contributed by atoms with Crippen LogP contribution in [0.4, 0.5) is 13.2 Å². The Morgan fingerprint density at radius 2 is 1.64 bits per heavy atom. The van der Waals surface area contributed by atoms with Gasteiger partial charge < -0.3 is 0 Å². The quantitative estimate of drug-likeness (QED) is 0.873. The first-order valence-corrected chi connectivity index (χ1v) is 9.03. The van der Waals surface area contributed by atoms with Gasteiger partial charge in [0.1, 0.15) is 0 Å². The highest BCUT2D eigenvalue weighted by atomic mass is 32.2. The van der Waals surface area contributed by atoms with Gasteiger partial charge in [0, 0.05) is 12.6 Å². The fraction of sp³-hybridized carbons (Fsp3) is 0.294. The van der Waals surface area contributed by atoms with Crippen molar-refractivity contribution in [2.75, 3.05) is 7.05 Å². The molecule has 0 aliphatic rings. The fourth-order valence-corrected chi connectivity index (χ4v) is 3.05. The first kappa shape index (κ1) is 19.4. The van der Waals surface area contributed by atoms with Gasteiger partial charge in [-0.2, -0.15) is 13.2 Å². The minimum atomic E-state index is -4.40. The summed E-state index contributed by atoms with van der Waals surface area (Å²) in [7, 11) is -2.06. The van der Waals surface area contributed by atoms with Crippen molar-refractivity contribution in [1.82, 2.24) is 4.90 Å². The average molecular weight is 372 g/mol. The van der Waals surface area contributed by atoms with E-state index >= 15 is 0 Å². The summed E-state index contributed by atoms with van der Waals surface area (Å²) in [4.78, 5) is 1.75. The summed E-state index contributed by atoms with van der Waals surface area (Å²) >= 11 is 0. The van der Waals surface area contributed by atoms with E-state index in [-0.39, 0.29) is 23.0 Å². The van der Waals surface area contributed by atoms with Crippen molar-refractivity contribution in [1.29, 1.82) is 0 Å². The summed E-state index contributed by atoms with van der Waals surface area (Å²) in [6.45, 7) is 1.94. The number of primary sulfonamides is 1. The number of halogens is 3. The molecule has 0 bridgehead atoms. The second-order valence-corrected chi connectivity index (χ2v) is 7.42. The van der Waals surface area contributed by atoms with Crippen LogP contribution in [0.3, 0.4) is 0 Å². The smallest absolute Gasteiger partial charge is 0.295 e. The molecule has 0 aromatic heterocycles. The van der Waals surface area contributed by atoms with Crippen molar-refractivity contribution in [3.05, 3.63) is 65.2 Å². The topological polar surface area (TPSA) is 63.4 Å². The van der Waals surface area contributed by atoms with Crippen LogP contribution in [0.5, 0.6) is 0 Å². The van der Waals surface area contributed by atoms with Gasteiger partial charge in [-0.15, -0.1) is 0 Å². The third-order valence-electron chi connectivity index (χ3n) is 4.09. The Morgan fingerprint density at radius 1 is 1.08 bits per heavy atom. The lowest BCUT2D eigenvalue weighted by atomic mass is 10.0. The first-order chi connectivity index (χ1) is 11.5. The van der Waals surface area contributed by atoms with Crippen LogP contribution in [0, 0.1) is 0 Å². The van der Waals surface area contributed by atoms with Crippen LogP contribution >= 0.6 is 0 Å². The molecule has 1 unspecified atom stereocenters. The Bertz CT molecular complexity index is 834. The molecule has 25 heavy (non-hydrogen) atoms. The Morgan fingerprint density at radius 3 is 2.16 bits per heavy atom. The third kappa shape index (κ3) is 4.81. The first-order valence-electron chi connectivity index (χ1n) is 7.48. The number of nitrogens with two attached hydrogens (primary N) is 1. The van der Waals surface area contributed by atoms with Crippen molar-refractivity contribution in [2.24, 2.45) is 5.14 Å². The second-order valence-electron chi connectivity index (χ2n) is 5.86. The van der Waals surface area contributed by atoms with Crippen LogP contribution in [0.2, 0.25) is 0 Å². The van der Waals surface area contributed by atoms with Crippen LogP contribution in [0.25, 0.3) is 0 Å². The number of nitrogens with zero attached hydrogens (tertiary/aromatic N) is 1. The van der Waals surface area contributed by atoms with Crippen molar-refractivity contribution in [3.8, 4) is 0 Å². The van der Waals surface area contributed by atoms with Gasteiger partial charge >= 0.3 is 6.18 Å². The summed E-state index contributed by atoms with van der Waals surface area (Å²) in [5.74, 6) is 0. The van der Waals surface area contributed by atoms with E-state index in [1.807, 2.05) is 6.92 Å². The molecule has 0 saturated carbocycles. The molecule has 2 N–H and O–H groups in total. The molecule has 0 aliphatic carbocycles. The zero-order chi connectivity index (χ0) is 18.8. The lowest BCUT2D eigenvalue weighted by Gasteiger charge is -2.26. The maximum absolute atomic E-state index is 13.1. The van der Waals surface area contributed by atoms with Gasteiger partial charge in [-0.05, 0) is 43.3 Å². The molecule has 2 aromatic carbocycles. The molecular weight excluding hydrogens is 353 g/mol. The van der Waals surface area contributed by atoms with Gasteiger partial charge in [0.2, 0.25) is 10.0 Å². The van der Waals surface area contributed by atoms with Crippen LogP contribution in [0.15, 0.2) is 53.4 Å². The van der Waals surface area contributed by atoms with E-state index in [2.05, 4.69) is 0 Å². The molecule has 136 valence electrons. The number of hydrogen-bond donors (Lipinski definition) is 1. The summed E-state index contributed by atoms with van der Waals surface area (Å²) in [5, 5.41) is 5.06. The van der Waals surface area contributed by atoms with Gasteiger partial charge in [-0.25, -0.2) is 13.6 Å². The Kier molecular flexibility index (Phi) is 5.55. The number of hydrogen-bond acceptors (Lipinski definition) is 3. The highest BCUT2D eigenvalue weighted by Crippen LogP contribution is 2.33. The van der Waals surface area contributed by atoms with Crippen LogP contribution in [-0.2, 0) is 22.7 Å². The molecule has 0 spiro atoms. The van der Waals surface area contributed by atoms with Gasteiger partial charge in [0.25, 0.3) is 0 Å². The number of benzene rings is 2. The molecule has 0 aliphatic heterocycles. The molecule has 8 heteroatoms. The van der Waals surface area contributed by atoms with E-state index in [4.69, 9.17) is 5.14 Å². The summed E-state index contributed by atoms with van der Waals surface area (Å²) in [6, 6.07) is 11.2. The predicted molar refractivity (Wildman–Crippen MR) is 89.1 cm³/mol. The second kappa shape index (κ2) is 7.15. The number of alkyl halides is 3. The van der Waals surface area contributed by atoms with E-state index in [0.29, 0.717) is 0 Å². The molecule has 0 heterocycles. The Labute approximate surface area is 145 Å². The van der Waals surface area contributed by atoms with Gasteiger partial charge in [0.15, 0.2) is 0 Å². The van der Waals surface area contributed by atoms with Crippen molar-refractivity contribution in [3.63, 3.8) is 0 Å². The lowest BCUT2D eigenvalue weighted by Crippen LogP contribution is -2.24. The fourth-order valence-electron chi connectivity index (χ4n) is 2.53. The molecule has 0 radical (unpaired) electrons. The van der Waals surface area contributed by atoms with E-state index < -0.39 is 21.8 Å². The standard InChI is InChI=1S/C17H19F3N2O2S/c1-12(13-7-9-15(10-8-13)25(21,23)24)22(2)11-14-5-3-4-6-16(14)17(18,19)20/h3-10,12H,11H2,1-2H3,(H2,21,23,24). The minimum Gasteiger partial charge on any atom is -0.295 e. The van der Waals surface area contributed by atoms with E-state index in [1.165, 1.54) is 24.3 Å². The molecular formula is C17H19F3N2O2S. The van der Waals surface area contributed by atoms with Crippen molar-refractivity contribution < 1.29 is 21.6 Å². The zero-order valence-corrected chi connectivity index (χ0v) is 14.6. The lowest BCUT2D eigenvalue weighted by molar-refractivity contribution is -0.138. The summed E-state index contributed by atoms with van der Waals surface area (Å²) in [6.07, 6.45) is -4.40. The van der Waals surface area contributed by atoms with Crippen LogP contribution < -0.4 is 5.14 Å². The SMILES string of the molecule is CC(c1ccc(S(N)(=O)=O)cc1)N(C)Cc1ccccc1C(F)(F)F. The molecule has 2 rings (SSSR count).